The van der Waals surface area contributed by atoms with Crippen LogP contribution < -0.4 is 20.1 Å². The summed E-state index contributed by atoms with van der Waals surface area (Å²) in [4.78, 5) is 24.4. The lowest BCUT2D eigenvalue weighted by Crippen LogP contribution is -2.41. The fourth-order valence-electron chi connectivity index (χ4n) is 2.97. The molecule has 1 atom stereocenters. The first-order valence-corrected chi connectivity index (χ1v) is 9.07. The Morgan fingerprint density at radius 3 is 2.70 bits per heavy atom. The predicted molar refractivity (Wildman–Crippen MR) is 102 cm³/mol. The van der Waals surface area contributed by atoms with E-state index < -0.39 is 0 Å². The third kappa shape index (κ3) is 4.52. The lowest BCUT2D eigenvalue weighted by molar-refractivity contribution is -0.126. The van der Waals surface area contributed by atoms with Crippen molar-refractivity contribution in [1.82, 2.24) is 10.6 Å². The molecule has 0 saturated carbocycles. The van der Waals surface area contributed by atoms with Crippen LogP contribution in [0.15, 0.2) is 42.5 Å². The quantitative estimate of drug-likeness (QED) is 0.745. The molecule has 0 saturated heterocycles. The van der Waals surface area contributed by atoms with Crippen molar-refractivity contribution in [2.24, 2.45) is 5.92 Å². The Kier molecular flexibility index (Phi) is 6.19. The second kappa shape index (κ2) is 8.77. The maximum atomic E-state index is 12.4. The Labute approximate surface area is 162 Å². The van der Waals surface area contributed by atoms with Gasteiger partial charge < -0.3 is 20.1 Å². The van der Waals surface area contributed by atoms with Gasteiger partial charge in [0, 0.05) is 13.1 Å². The molecule has 2 N–H and O–H groups in total. The molecule has 2 aromatic rings. The lowest BCUT2D eigenvalue weighted by Gasteiger charge is -2.25. The van der Waals surface area contributed by atoms with Crippen LogP contribution in [0.2, 0.25) is 5.02 Å². The van der Waals surface area contributed by atoms with Crippen LogP contribution in [0.1, 0.15) is 15.9 Å². The number of carbonyl (C=O) groups is 2. The van der Waals surface area contributed by atoms with Crippen LogP contribution in [0.3, 0.4) is 0 Å². The fourth-order valence-corrected chi connectivity index (χ4v) is 3.19. The highest BCUT2D eigenvalue weighted by molar-refractivity contribution is 6.33. The number of carbonyl (C=O) groups excluding carboxylic acids is 2. The molecule has 1 heterocycles. The van der Waals surface area contributed by atoms with E-state index in [9.17, 15) is 9.59 Å². The Morgan fingerprint density at radius 1 is 1.15 bits per heavy atom. The molecule has 0 fully saturated rings. The van der Waals surface area contributed by atoms with Gasteiger partial charge in [0.2, 0.25) is 5.91 Å². The zero-order chi connectivity index (χ0) is 19.2. The molecule has 2 amide bonds. The molecule has 3 rings (SSSR count). The van der Waals surface area contributed by atoms with Crippen molar-refractivity contribution in [3.63, 3.8) is 0 Å². The summed E-state index contributed by atoms with van der Waals surface area (Å²) in [6.45, 7) is 0.940. The number of hydrogen-bond donors (Lipinski definition) is 2. The van der Waals surface area contributed by atoms with E-state index in [4.69, 9.17) is 21.1 Å². The van der Waals surface area contributed by atoms with Crippen LogP contribution in [0, 0.1) is 5.92 Å². The Morgan fingerprint density at radius 2 is 1.93 bits per heavy atom. The van der Waals surface area contributed by atoms with Gasteiger partial charge in [-0.15, -0.1) is 0 Å². The molecule has 6 nitrogen and oxygen atoms in total. The summed E-state index contributed by atoms with van der Waals surface area (Å²) >= 11 is 5.99. The summed E-state index contributed by atoms with van der Waals surface area (Å²) in [5, 5.41) is 5.97. The standard InChI is InChI=1S/C20H21ClN2O4/c1-26-17-8-4-5-13-11-14(12-27-18(13)17)19(24)22-9-10-23-20(25)15-6-2-3-7-16(15)21/h2-8,14H,9-12H2,1H3,(H,22,24)(H,23,25)/t14-/m1/s1. The molecule has 27 heavy (non-hydrogen) atoms. The van der Waals surface area contributed by atoms with Crippen molar-refractivity contribution in [3.8, 4) is 11.5 Å². The highest BCUT2D eigenvalue weighted by atomic mass is 35.5. The van der Waals surface area contributed by atoms with Crippen molar-refractivity contribution in [2.45, 2.75) is 6.42 Å². The summed E-state index contributed by atoms with van der Waals surface area (Å²) < 4.78 is 11.0. The maximum Gasteiger partial charge on any atom is 0.252 e. The van der Waals surface area contributed by atoms with E-state index in [-0.39, 0.29) is 17.7 Å². The van der Waals surface area contributed by atoms with Gasteiger partial charge in [-0.25, -0.2) is 0 Å². The Balaban J connectivity index is 1.46. The summed E-state index contributed by atoms with van der Waals surface area (Å²) in [5.41, 5.74) is 1.37. The van der Waals surface area contributed by atoms with E-state index in [0.29, 0.717) is 48.2 Å². The number of amides is 2. The number of nitrogens with one attached hydrogen (secondary N) is 2. The number of ether oxygens (including phenoxy) is 2. The molecule has 1 aliphatic heterocycles. The number of benzene rings is 2. The zero-order valence-electron chi connectivity index (χ0n) is 15.0. The van der Waals surface area contributed by atoms with Gasteiger partial charge in [-0.1, -0.05) is 35.9 Å². The third-order valence-electron chi connectivity index (χ3n) is 4.37. The molecule has 0 spiro atoms. The van der Waals surface area contributed by atoms with Crippen molar-refractivity contribution in [3.05, 3.63) is 58.6 Å². The van der Waals surface area contributed by atoms with E-state index >= 15 is 0 Å². The van der Waals surface area contributed by atoms with Crippen LogP contribution in [-0.2, 0) is 11.2 Å². The molecule has 7 heteroatoms. The molecule has 0 bridgehead atoms. The van der Waals surface area contributed by atoms with E-state index in [2.05, 4.69) is 10.6 Å². The van der Waals surface area contributed by atoms with E-state index in [1.165, 1.54) is 0 Å². The second-order valence-electron chi connectivity index (χ2n) is 6.19. The first-order chi connectivity index (χ1) is 13.1. The average molecular weight is 389 g/mol. The Hall–Kier alpha value is -2.73. The van der Waals surface area contributed by atoms with Gasteiger partial charge in [0.25, 0.3) is 5.91 Å². The number of rotatable bonds is 6. The van der Waals surface area contributed by atoms with Gasteiger partial charge >= 0.3 is 0 Å². The first-order valence-electron chi connectivity index (χ1n) is 8.69. The maximum absolute atomic E-state index is 12.4. The SMILES string of the molecule is COc1cccc2c1OC[C@H](C(=O)NCCNC(=O)c1ccccc1Cl)C2. The molecular weight excluding hydrogens is 368 g/mol. The molecule has 2 aromatic carbocycles. The normalized spacial score (nSPS) is 15.3. The average Bonchev–Trinajstić information content (AvgIpc) is 2.70. The van der Waals surface area contributed by atoms with Gasteiger partial charge in [-0.2, -0.15) is 0 Å². The molecular formula is C20H21ClN2O4. The summed E-state index contributed by atoms with van der Waals surface area (Å²) in [6, 6.07) is 12.5. The third-order valence-corrected chi connectivity index (χ3v) is 4.70. The van der Waals surface area contributed by atoms with E-state index in [0.717, 1.165) is 5.56 Å². The monoisotopic (exact) mass is 388 g/mol. The summed E-state index contributed by atoms with van der Waals surface area (Å²) in [7, 11) is 1.59. The minimum absolute atomic E-state index is 0.101. The zero-order valence-corrected chi connectivity index (χ0v) is 15.7. The summed E-state index contributed by atoms with van der Waals surface area (Å²) in [5.74, 6) is 0.737. The van der Waals surface area contributed by atoms with Crippen LogP contribution in [0.4, 0.5) is 0 Å². The van der Waals surface area contributed by atoms with E-state index in [1.807, 2.05) is 18.2 Å². The number of para-hydroxylation sites is 1. The highest BCUT2D eigenvalue weighted by Gasteiger charge is 2.27. The first kappa shape index (κ1) is 19.0. The smallest absolute Gasteiger partial charge is 0.252 e. The number of halogens is 1. The molecule has 0 aliphatic carbocycles. The number of fused-ring (bicyclic) bond motifs is 1. The fraction of sp³-hybridized carbons (Fsp3) is 0.300. The van der Waals surface area contributed by atoms with Crippen molar-refractivity contribution in [1.29, 1.82) is 0 Å². The minimum Gasteiger partial charge on any atom is -0.493 e. The van der Waals surface area contributed by atoms with Gasteiger partial charge in [0.05, 0.1) is 23.6 Å². The summed E-state index contributed by atoms with van der Waals surface area (Å²) in [6.07, 6.45) is 0.588. The lowest BCUT2D eigenvalue weighted by atomic mass is 9.95. The number of methoxy groups -OCH3 is 1. The molecule has 0 radical (unpaired) electrons. The van der Waals surface area contributed by atoms with Gasteiger partial charge in [0.1, 0.15) is 6.61 Å². The van der Waals surface area contributed by atoms with Crippen molar-refractivity contribution >= 4 is 23.4 Å². The molecule has 0 aromatic heterocycles. The van der Waals surface area contributed by atoms with Crippen molar-refractivity contribution in [2.75, 3.05) is 26.8 Å². The predicted octanol–water partition coefficient (Wildman–Crippen LogP) is 2.45. The molecule has 0 unspecified atom stereocenters. The van der Waals surface area contributed by atoms with Gasteiger partial charge in [0.15, 0.2) is 11.5 Å². The topological polar surface area (TPSA) is 76.7 Å². The van der Waals surface area contributed by atoms with E-state index in [1.54, 1.807) is 31.4 Å². The molecule has 142 valence electrons. The van der Waals surface area contributed by atoms with Gasteiger partial charge in [-0.05, 0) is 30.2 Å². The highest BCUT2D eigenvalue weighted by Crippen LogP contribution is 2.35. The Bertz CT molecular complexity index is 840. The van der Waals surface area contributed by atoms with Crippen LogP contribution in [-0.4, -0.2) is 38.6 Å². The second-order valence-corrected chi connectivity index (χ2v) is 6.59. The minimum atomic E-state index is -0.274. The van der Waals surface area contributed by atoms with Gasteiger partial charge in [-0.3, -0.25) is 9.59 Å². The molecule has 1 aliphatic rings. The van der Waals surface area contributed by atoms with Crippen LogP contribution >= 0.6 is 11.6 Å². The van der Waals surface area contributed by atoms with Crippen LogP contribution in [0.25, 0.3) is 0 Å². The van der Waals surface area contributed by atoms with Crippen LogP contribution in [0.5, 0.6) is 11.5 Å². The van der Waals surface area contributed by atoms with Crippen molar-refractivity contribution < 1.29 is 19.1 Å². The largest absolute Gasteiger partial charge is 0.493 e. The number of hydrogen-bond acceptors (Lipinski definition) is 4.